The van der Waals surface area contributed by atoms with Crippen molar-refractivity contribution in [2.24, 2.45) is 0 Å². The third-order valence-corrected chi connectivity index (χ3v) is 6.31. The highest BCUT2D eigenvalue weighted by Gasteiger charge is 2.18. The summed E-state index contributed by atoms with van der Waals surface area (Å²) in [7, 11) is 0. The van der Waals surface area contributed by atoms with Crippen LogP contribution >= 0.6 is 0 Å². The second-order valence-corrected chi connectivity index (χ2v) is 8.45. The molecule has 32 heavy (non-hydrogen) atoms. The van der Waals surface area contributed by atoms with Gasteiger partial charge in [-0.15, -0.1) is 0 Å². The summed E-state index contributed by atoms with van der Waals surface area (Å²) in [6.45, 7) is 7.46. The van der Waals surface area contributed by atoms with Gasteiger partial charge in [0.05, 0.1) is 17.6 Å². The molecule has 5 nitrogen and oxygen atoms in total. The lowest BCUT2D eigenvalue weighted by molar-refractivity contribution is 0.243. The molecule has 5 rings (SSSR count). The van der Waals surface area contributed by atoms with Crippen LogP contribution in [0.4, 0.5) is 5.69 Å². The standard InChI is InChI=1S/C27H28N4O/c1-21-11-13-22(14-12-21)26-24-9-5-6-10-25(24)27(32)31(28-26)20-17-29-15-18-30(19-16-29)23-7-3-2-4-8-23/h2-14H,15-20H2,1H3. The van der Waals surface area contributed by atoms with E-state index in [1.807, 2.05) is 24.3 Å². The van der Waals surface area contributed by atoms with E-state index < -0.39 is 0 Å². The molecule has 162 valence electrons. The van der Waals surface area contributed by atoms with Crippen LogP contribution in [0, 0.1) is 6.92 Å². The van der Waals surface area contributed by atoms with E-state index in [-0.39, 0.29) is 5.56 Å². The van der Waals surface area contributed by atoms with Crippen molar-refractivity contribution in [1.29, 1.82) is 0 Å². The lowest BCUT2D eigenvalue weighted by Gasteiger charge is -2.36. The Labute approximate surface area is 188 Å². The number of hydrogen-bond acceptors (Lipinski definition) is 4. The van der Waals surface area contributed by atoms with E-state index in [4.69, 9.17) is 5.10 Å². The Balaban J connectivity index is 1.35. The number of anilines is 1. The van der Waals surface area contributed by atoms with Crippen molar-refractivity contribution in [1.82, 2.24) is 14.7 Å². The third kappa shape index (κ3) is 4.16. The molecule has 1 fully saturated rings. The minimum atomic E-state index is -0.0145. The fraction of sp³-hybridized carbons (Fsp3) is 0.259. The van der Waals surface area contributed by atoms with Crippen LogP contribution in [0.2, 0.25) is 0 Å². The van der Waals surface area contributed by atoms with Gasteiger partial charge in [0.15, 0.2) is 0 Å². The molecule has 0 bridgehead atoms. The Morgan fingerprint density at radius 2 is 1.41 bits per heavy atom. The Kier molecular flexibility index (Phi) is 5.73. The molecule has 1 aliphatic rings. The molecule has 0 unspecified atom stereocenters. The van der Waals surface area contributed by atoms with E-state index in [0.29, 0.717) is 6.54 Å². The van der Waals surface area contributed by atoms with E-state index >= 15 is 0 Å². The van der Waals surface area contributed by atoms with Crippen molar-refractivity contribution < 1.29 is 0 Å². The van der Waals surface area contributed by atoms with Crippen molar-refractivity contribution in [3.05, 3.63) is 94.8 Å². The maximum Gasteiger partial charge on any atom is 0.274 e. The molecule has 5 heteroatoms. The lowest BCUT2D eigenvalue weighted by Crippen LogP contribution is -2.47. The van der Waals surface area contributed by atoms with Gasteiger partial charge < -0.3 is 4.90 Å². The predicted octanol–water partition coefficient (Wildman–Crippen LogP) is 4.19. The van der Waals surface area contributed by atoms with Crippen LogP contribution in [0.5, 0.6) is 0 Å². The van der Waals surface area contributed by atoms with E-state index in [9.17, 15) is 4.79 Å². The Bertz CT molecular complexity index is 1260. The monoisotopic (exact) mass is 424 g/mol. The Morgan fingerprint density at radius 1 is 0.750 bits per heavy atom. The van der Waals surface area contributed by atoms with Crippen LogP contribution in [-0.4, -0.2) is 47.4 Å². The highest BCUT2D eigenvalue weighted by Crippen LogP contribution is 2.25. The van der Waals surface area contributed by atoms with Gasteiger partial charge in [-0.25, -0.2) is 4.68 Å². The quantitative estimate of drug-likeness (QED) is 0.482. The van der Waals surface area contributed by atoms with Crippen LogP contribution in [0.25, 0.3) is 22.0 Å². The second-order valence-electron chi connectivity index (χ2n) is 8.45. The van der Waals surface area contributed by atoms with Crippen LogP contribution in [-0.2, 0) is 6.54 Å². The number of hydrogen-bond donors (Lipinski definition) is 0. The predicted molar refractivity (Wildman–Crippen MR) is 131 cm³/mol. The van der Waals surface area contributed by atoms with Gasteiger partial charge in [0, 0.05) is 49.4 Å². The molecule has 1 aromatic heterocycles. The summed E-state index contributed by atoms with van der Waals surface area (Å²) in [6.07, 6.45) is 0. The number of piperazine rings is 1. The number of benzene rings is 3. The summed E-state index contributed by atoms with van der Waals surface area (Å²) < 4.78 is 1.65. The minimum absolute atomic E-state index is 0.0145. The molecule has 0 atom stereocenters. The maximum atomic E-state index is 13.1. The van der Waals surface area contributed by atoms with Crippen LogP contribution < -0.4 is 10.5 Å². The molecule has 0 radical (unpaired) electrons. The zero-order valence-corrected chi connectivity index (χ0v) is 18.4. The molecule has 2 heterocycles. The first kappa shape index (κ1) is 20.5. The van der Waals surface area contributed by atoms with Gasteiger partial charge in [-0.05, 0) is 25.1 Å². The lowest BCUT2D eigenvalue weighted by atomic mass is 10.0. The zero-order chi connectivity index (χ0) is 21.9. The van der Waals surface area contributed by atoms with Crippen LogP contribution in [0.3, 0.4) is 0 Å². The van der Waals surface area contributed by atoms with Crippen LogP contribution in [0.1, 0.15) is 5.56 Å². The smallest absolute Gasteiger partial charge is 0.274 e. The Hall–Kier alpha value is -3.44. The molecule has 4 aromatic rings. The van der Waals surface area contributed by atoms with Crippen molar-refractivity contribution in [3.63, 3.8) is 0 Å². The van der Waals surface area contributed by atoms with Crippen molar-refractivity contribution in [2.45, 2.75) is 13.5 Å². The average Bonchev–Trinajstić information content (AvgIpc) is 2.85. The first-order valence-electron chi connectivity index (χ1n) is 11.3. The molecule has 0 aliphatic carbocycles. The normalized spacial score (nSPS) is 14.7. The maximum absolute atomic E-state index is 13.1. The minimum Gasteiger partial charge on any atom is -0.369 e. The van der Waals surface area contributed by atoms with Crippen molar-refractivity contribution >= 4 is 16.5 Å². The molecule has 0 amide bonds. The summed E-state index contributed by atoms with van der Waals surface area (Å²) in [5, 5.41) is 6.45. The number of nitrogens with zero attached hydrogens (tertiary/aromatic N) is 4. The van der Waals surface area contributed by atoms with Crippen LogP contribution in [0.15, 0.2) is 83.7 Å². The average molecular weight is 425 g/mol. The van der Waals surface area contributed by atoms with Gasteiger partial charge in [-0.3, -0.25) is 9.69 Å². The first-order valence-corrected chi connectivity index (χ1v) is 11.3. The van der Waals surface area contributed by atoms with Gasteiger partial charge in [0.2, 0.25) is 0 Å². The molecule has 1 aliphatic heterocycles. The van der Waals surface area contributed by atoms with Gasteiger partial charge in [-0.1, -0.05) is 66.2 Å². The topological polar surface area (TPSA) is 41.4 Å². The fourth-order valence-electron chi connectivity index (χ4n) is 4.42. The first-order chi connectivity index (χ1) is 15.7. The van der Waals surface area contributed by atoms with Gasteiger partial charge >= 0.3 is 0 Å². The van der Waals surface area contributed by atoms with Gasteiger partial charge in [0.1, 0.15) is 0 Å². The molecule has 1 saturated heterocycles. The number of para-hydroxylation sites is 1. The van der Waals surface area contributed by atoms with E-state index in [2.05, 4.69) is 71.3 Å². The highest BCUT2D eigenvalue weighted by atomic mass is 16.1. The Morgan fingerprint density at radius 3 is 2.12 bits per heavy atom. The molecule has 0 spiro atoms. The molecular weight excluding hydrogens is 396 g/mol. The highest BCUT2D eigenvalue weighted by molar-refractivity contribution is 5.93. The van der Waals surface area contributed by atoms with Gasteiger partial charge in [0.25, 0.3) is 5.56 Å². The van der Waals surface area contributed by atoms with Crippen molar-refractivity contribution in [2.75, 3.05) is 37.6 Å². The molecule has 0 N–H and O–H groups in total. The number of rotatable bonds is 5. The molecule has 3 aromatic carbocycles. The molecular formula is C27H28N4O. The van der Waals surface area contributed by atoms with E-state index in [0.717, 1.165) is 54.8 Å². The summed E-state index contributed by atoms with van der Waals surface area (Å²) in [5.41, 5.74) is 4.38. The number of aryl methyl sites for hydroxylation is 1. The SMILES string of the molecule is Cc1ccc(-c2nn(CCN3CCN(c4ccccc4)CC3)c(=O)c3ccccc23)cc1. The molecule has 0 saturated carbocycles. The number of fused-ring (bicyclic) bond motifs is 1. The summed E-state index contributed by atoms with van der Waals surface area (Å²) in [6, 6.07) is 26.7. The summed E-state index contributed by atoms with van der Waals surface area (Å²) in [5.74, 6) is 0. The summed E-state index contributed by atoms with van der Waals surface area (Å²) >= 11 is 0. The largest absolute Gasteiger partial charge is 0.369 e. The second kappa shape index (κ2) is 8.97. The van der Waals surface area contributed by atoms with E-state index in [1.54, 1.807) is 4.68 Å². The summed E-state index contributed by atoms with van der Waals surface area (Å²) in [4.78, 5) is 18.0. The fourth-order valence-corrected chi connectivity index (χ4v) is 4.42. The number of aromatic nitrogens is 2. The third-order valence-electron chi connectivity index (χ3n) is 6.31. The van der Waals surface area contributed by atoms with Crippen molar-refractivity contribution in [3.8, 4) is 11.3 Å². The van der Waals surface area contributed by atoms with Gasteiger partial charge in [-0.2, -0.15) is 5.10 Å². The zero-order valence-electron chi connectivity index (χ0n) is 18.4. The van der Waals surface area contributed by atoms with E-state index in [1.165, 1.54) is 11.3 Å².